The second-order valence-corrected chi connectivity index (χ2v) is 16.3. The summed E-state index contributed by atoms with van der Waals surface area (Å²) in [6.07, 6.45) is 9.31. The summed E-state index contributed by atoms with van der Waals surface area (Å²) in [6, 6.07) is 55.0. The van der Waals surface area contributed by atoms with Crippen LogP contribution in [0.2, 0.25) is 0 Å². The molecule has 2 aliphatic heterocycles. The fourth-order valence-electron chi connectivity index (χ4n) is 10.1. The molecule has 0 saturated carbocycles. The Kier molecular flexibility index (Phi) is 7.33. The third-order valence-corrected chi connectivity index (χ3v) is 12.9. The summed E-state index contributed by atoms with van der Waals surface area (Å²) in [6.45, 7) is 6.89. The van der Waals surface area contributed by atoms with Crippen LogP contribution >= 0.6 is 0 Å². The van der Waals surface area contributed by atoms with Crippen LogP contribution in [-0.2, 0) is 18.3 Å². The number of hydrogen-bond donors (Lipinski definition) is 0. The van der Waals surface area contributed by atoms with Gasteiger partial charge in [-0.2, -0.15) is 0 Å². The number of para-hydroxylation sites is 2. The maximum absolute atomic E-state index is 2.56. The lowest BCUT2D eigenvalue weighted by molar-refractivity contribution is 0.659. The Morgan fingerprint density at radius 2 is 1.02 bits per heavy atom. The monoisotopic (exact) mass is 708 g/mol. The first-order valence-corrected chi connectivity index (χ1v) is 20.1. The highest BCUT2D eigenvalue weighted by atomic mass is 15.1. The van der Waals surface area contributed by atoms with Crippen molar-refractivity contribution < 1.29 is 0 Å². The summed E-state index contributed by atoms with van der Waals surface area (Å²) in [4.78, 5) is 5.08. The SMILES string of the molecule is CC1(C)c2cc(/C=C/c3cc4c5ccccc5c(N5CCCc6ccccc65)cc4c4ccccc34)ccc2-c2ccc(N3CCCc4ccccc43)cc21. The average molecular weight is 709 g/mol. The van der Waals surface area contributed by atoms with E-state index in [4.69, 9.17) is 0 Å². The van der Waals surface area contributed by atoms with Gasteiger partial charge in [-0.25, -0.2) is 0 Å². The normalized spacial score (nSPS) is 15.7. The lowest BCUT2D eigenvalue weighted by Crippen LogP contribution is -2.25. The van der Waals surface area contributed by atoms with Crippen LogP contribution in [0, 0.1) is 0 Å². The van der Waals surface area contributed by atoms with E-state index in [0.29, 0.717) is 0 Å². The third-order valence-electron chi connectivity index (χ3n) is 12.9. The van der Waals surface area contributed by atoms with E-state index in [9.17, 15) is 0 Å². The minimum Gasteiger partial charge on any atom is -0.341 e. The minimum atomic E-state index is -0.0963. The Balaban J connectivity index is 0.985. The summed E-state index contributed by atoms with van der Waals surface area (Å²) >= 11 is 0. The minimum absolute atomic E-state index is 0.0963. The highest BCUT2D eigenvalue weighted by Crippen LogP contribution is 2.51. The fraction of sp³-hybridized carbons (Fsp3) is 0.170. The molecule has 0 unspecified atom stereocenters. The van der Waals surface area contributed by atoms with Crippen LogP contribution in [0.3, 0.4) is 0 Å². The van der Waals surface area contributed by atoms with Gasteiger partial charge in [0.05, 0.1) is 0 Å². The largest absolute Gasteiger partial charge is 0.341 e. The molecule has 0 aromatic heterocycles. The van der Waals surface area contributed by atoms with Crippen LogP contribution in [0.25, 0.3) is 55.6 Å². The van der Waals surface area contributed by atoms with Gasteiger partial charge >= 0.3 is 0 Å². The molecule has 0 bridgehead atoms. The molecule has 3 aliphatic rings. The molecule has 2 heteroatoms. The van der Waals surface area contributed by atoms with Crippen molar-refractivity contribution in [2.75, 3.05) is 22.9 Å². The quantitative estimate of drug-likeness (QED) is 0.133. The molecule has 1 aliphatic carbocycles. The first-order chi connectivity index (χ1) is 27.0. The van der Waals surface area contributed by atoms with Crippen LogP contribution in [0.5, 0.6) is 0 Å². The van der Waals surface area contributed by atoms with Gasteiger partial charge in [0.2, 0.25) is 0 Å². The Bertz CT molecular complexity index is 2870. The van der Waals surface area contributed by atoms with Crippen LogP contribution in [0.1, 0.15) is 60.1 Å². The molecular weight excluding hydrogens is 665 g/mol. The second-order valence-electron chi connectivity index (χ2n) is 16.3. The van der Waals surface area contributed by atoms with Gasteiger partial charge in [-0.05, 0) is 134 Å². The van der Waals surface area contributed by atoms with Crippen molar-refractivity contribution in [3.8, 4) is 11.1 Å². The maximum Gasteiger partial charge on any atom is 0.0497 e. The van der Waals surface area contributed by atoms with Crippen LogP contribution < -0.4 is 9.80 Å². The summed E-state index contributed by atoms with van der Waals surface area (Å²) in [5.74, 6) is 0. The molecule has 0 saturated heterocycles. The van der Waals surface area contributed by atoms with E-state index in [1.165, 1.54) is 106 Å². The molecule has 2 heterocycles. The first-order valence-electron chi connectivity index (χ1n) is 20.1. The van der Waals surface area contributed by atoms with Crippen molar-refractivity contribution in [3.63, 3.8) is 0 Å². The molecular formula is C53H44N2. The van der Waals surface area contributed by atoms with E-state index in [2.05, 4.69) is 181 Å². The number of aryl methyl sites for hydroxylation is 2. The smallest absolute Gasteiger partial charge is 0.0497 e. The molecule has 0 atom stereocenters. The average Bonchev–Trinajstić information content (AvgIpc) is 3.46. The van der Waals surface area contributed by atoms with Crippen LogP contribution in [-0.4, -0.2) is 13.1 Å². The Hall–Kier alpha value is -6.12. The van der Waals surface area contributed by atoms with E-state index < -0.39 is 0 Å². The molecule has 8 aromatic carbocycles. The van der Waals surface area contributed by atoms with Gasteiger partial charge in [0.1, 0.15) is 0 Å². The Labute approximate surface area is 324 Å². The molecule has 0 spiro atoms. The number of rotatable bonds is 4. The summed E-state index contributed by atoms with van der Waals surface area (Å²) in [5.41, 5.74) is 16.1. The van der Waals surface area contributed by atoms with Crippen molar-refractivity contribution in [1.82, 2.24) is 0 Å². The predicted molar refractivity (Wildman–Crippen MR) is 235 cm³/mol. The zero-order chi connectivity index (χ0) is 36.7. The van der Waals surface area contributed by atoms with Gasteiger partial charge in [-0.1, -0.05) is 135 Å². The maximum atomic E-state index is 2.56. The lowest BCUT2D eigenvalue weighted by atomic mass is 9.81. The van der Waals surface area contributed by atoms with Gasteiger partial charge in [-0.3, -0.25) is 0 Å². The van der Waals surface area contributed by atoms with Gasteiger partial charge in [0.15, 0.2) is 0 Å². The number of benzene rings is 8. The first kappa shape index (κ1) is 32.3. The van der Waals surface area contributed by atoms with Crippen molar-refractivity contribution in [1.29, 1.82) is 0 Å². The topological polar surface area (TPSA) is 6.48 Å². The molecule has 0 fully saturated rings. The fourth-order valence-corrected chi connectivity index (χ4v) is 10.1. The van der Waals surface area contributed by atoms with E-state index in [1.807, 2.05) is 0 Å². The van der Waals surface area contributed by atoms with Gasteiger partial charge in [-0.15, -0.1) is 0 Å². The molecule has 0 amide bonds. The Morgan fingerprint density at radius 3 is 1.76 bits per heavy atom. The standard InChI is InChI=1S/C53H44N2/c1-53(2)48-31-35(24-27-43(48)44-28-26-39(33-49(44)53)54-29-11-15-36-13-3-9-21-50(36)54)23-25-38-32-46-42-19-7-8-20-45(42)52(34-47(46)41-18-6-5-17-40(38)41)55-30-12-16-37-14-4-10-22-51(37)55/h3-10,13-14,17-28,31-34H,11-12,15-16,29-30H2,1-2H3/b25-23+. The van der Waals surface area contributed by atoms with Gasteiger partial charge in [0, 0.05) is 46.6 Å². The van der Waals surface area contributed by atoms with E-state index in [-0.39, 0.29) is 5.41 Å². The predicted octanol–water partition coefficient (Wildman–Crippen LogP) is 13.8. The van der Waals surface area contributed by atoms with E-state index in [0.717, 1.165) is 32.4 Å². The number of nitrogens with zero attached hydrogens (tertiary/aromatic N) is 2. The molecule has 266 valence electrons. The summed E-state index contributed by atoms with van der Waals surface area (Å²) < 4.78 is 0. The van der Waals surface area contributed by atoms with Crippen LogP contribution in [0.4, 0.5) is 22.7 Å². The van der Waals surface area contributed by atoms with Crippen molar-refractivity contribution >= 4 is 67.2 Å². The highest BCUT2D eigenvalue weighted by Gasteiger charge is 2.36. The van der Waals surface area contributed by atoms with Gasteiger partial charge < -0.3 is 9.80 Å². The van der Waals surface area contributed by atoms with Crippen LogP contribution in [0.15, 0.2) is 146 Å². The molecule has 2 nitrogen and oxygen atoms in total. The number of fused-ring (bicyclic) bond motifs is 10. The molecule has 11 rings (SSSR count). The summed E-state index contributed by atoms with van der Waals surface area (Å²) in [5, 5.41) is 7.82. The number of hydrogen-bond acceptors (Lipinski definition) is 2. The van der Waals surface area contributed by atoms with E-state index in [1.54, 1.807) is 0 Å². The molecule has 55 heavy (non-hydrogen) atoms. The summed E-state index contributed by atoms with van der Waals surface area (Å²) in [7, 11) is 0. The van der Waals surface area contributed by atoms with Crippen molar-refractivity contribution in [2.24, 2.45) is 0 Å². The second kappa shape index (κ2) is 12.5. The third kappa shape index (κ3) is 5.08. The van der Waals surface area contributed by atoms with Gasteiger partial charge in [0.25, 0.3) is 0 Å². The molecule has 0 N–H and O–H groups in total. The van der Waals surface area contributed by atoms with Crippen molar-refractivity contribution in [2.45, 2.75) is 44.9 Å². The molecule has 0 radical (unpaired) electrons. The number of anilines is 4. The highest BCUT2D eigenvalue weighted by molar-refractivity contribution is 6.22. The van der Waals surface area contributed by atoms with Crippen molar-refractivity contribution in [3.05, 3.63) is 179 Å². The van der Waals surface area contributed by atoms with E-state index >= 15 is 0 Å². The molecule has 8 aromatic rings. The zero-order valence-corrected chi connectivity index (χ0v) is 31.6. The lowest BCUT2D eigenvalue weighted by Gasteiger charge is -2.32. The Morgan fingerprint density at radius 1 is 0.455 bits per heavy atom. The zero-order valence-electron chi connectivity index (χ0n) is 31.6.